The highest BCUT2D eigenvalue weighted by Gasteiger charge is 2.33. The molecule has 0 radical (unpaired) electrons. The van der Waals surface area contributed by atoms with Gasteiger partial charge in [-0.3, -0.25) is 19.2 Å². The van der Waals surface area contributed by atoms with E-state index in [-0.39, 0.29) is 78.5 Å². The van der Waals surface area contributed by atoms with Crippen LogP contribution in [-0.4, -0.2) is 86.8 Å². The number of nitroso groups, excluding NO2 is 2. The van der Waals surface area contributed by atoms with Crippen LogP contribution >= 0.6 is 0 Å². The zero-order valence-corrected chi connectivity index (χ0v) is 16.9. The molecular weight excluding hydrogens is 424 g/mol. The Hall–Kier alpha value is -2.68. The van der Waals surface area contributed by atoms with Crippen LogP contribution in [0.2, 0.25) is 0 Å². The minimum absolute atomic E-state index is 0.118. The minimum atomic E-state index is -1.07. The Bertz CT molecular complexity index is 558. The summed E-state index contributed by atoms with van der Waals surface area (Å²) in [5.74, 6) is -3.96. The van der Waals surface area contributed by atoms with E-state index in [1.807, 2.05) is 0 Å². The molecule has 0 aromatic heterocycles. The van der Waals surface area contributed by atoms with Crippen LogP contribution in [0.15, 0.2) is 10.4 Å². The first kappa shape index (κ1) is 28.3. The van der Waals surface area contributed by atoms with Gasteiger partial charge < -0.3 is 29.2 Å². The van der Waals surface area contributed by atoms with Crippen LogP contribution in [0.25, 0.3) is 0 Å². The lowest BCUT2D eigenvalue weighted by atomic mass is 9.92. The van der Waals surface area contributed by atoms with E-state index < -0.39 is 29.2 Å². The lowest BCUT2D eigenvalue weighted by Crippen LogP contribution is -2.42. The Morgan fingerprint density at radius 2 is 0.871 bits per heavy atom. The molecule has 176 valence electrons. The Balaban J connectivity index is 5.04. The van der Waals surface area contributed by atoms with Gasteiger partial charge in [-0.15, -0.1) is 9.81 Å². The van der Waals surface area contributed by atoms with Crippen molar-refractivity contribution >= 4 is 23.8 Å². The quantitative estimate of drug-likeness (QED) is 0.190. The monoisotopic (exact) mass is 450 g/mol. The average Bonchev–Trinajstić information content (AvgIpc) is 2.73. The van der Waals surface area contributed by atoms with Gasteiger partial charge in [-0.1, -0.05) is 0 Å². The van der Waals surface area contributed by atoms with Crippen molar-refractivity contribution in [3.63, 3.8) is 0 Å². The highest BCUT2D eigenvalue weighted by molar-refractivity contribution is 5.76. The number of hydrogen-bond donors (Lipinski definition) is 2. The largest absolute Gasteiger partial charge is 0.481 e. The maximum absolute atomic E-state index is 11.0. The van der Waals surface area contributed by atoms with E-state index in [0.29, 0.717) is 0 Å². The molecule has 0 aromatic carbocycles. The van der Waals surface area contributed by atoms with Gasteiger partial charge in [-0.05, 0) is 0 Å². The summed E-state index contributed by atoms with van der Waals surface area (Å²) >= 11 is 0. The standard InChI is InChI=1S/C17H26N2O12/c20-13(18-26)1-5-28-9-17(11-30-7-3-15(22)23,12-31-8-4-16(24)25)10-29-6-2-14(21)19-27/h1-12H2,(H,22,23)(H,24,25). The first-order chi connectivity index (χ1) is 14.7. The summed E-state index contributed by atoms with van der Waals surface area (Å²) in [7, 11) is 0. The number of hydrogen-bond acceptors (Lipinski definition) is 10. The van der Waals surface area contributed by atoms with Crippen LogP contribution in [0.4, 0.5) is 0 Å². The number of amides is 2. The number of carbonyl (C=O) groups is 4. The van der Waals surface area contributed by atoms with Gasteiger partial charge in [-0.25, -0.2) is 0 Å². The number of nitrogens with zero attached hydrogens (tertiary/aromatic N) is 2. The van der Waals surface area contributed by atoms with Crippen molar-refractivity contribution in [2.24, 2.45) is 15.8 Å². The summed E-state index contributed by atoms with van der Waals surface area (Å²) in [6.07, 6.45) is -1.06. The Kier molecular flexibility index (Phi) is 15.6. The number of rotatable bonds is 20. The van der Waals surface area contributed by atoms with E-state index >= 15 is 0 Å². The molecule has 14 nitrogen and oxygen atoms in total. The number of carboxylic acid groups (broad SMARTS) is 2. The van der Waals surface area contributed by atoms with Crippen molar-refractivity contribution in [1.29, 1.82) is 0 Å². The van der Waals surface area contributed by atoms with Gasteiger partial charge in [0.15, 0.2) is 0 Å². The molecular formula is C17H26N2O12. The molecule has 0 unspecified atom stereocenters. The molecule has 2 N–H and O–H groups in total. The molecule has 0 rings (SSSR count). The first-order valence-corrected chi connectivity index (χ1v) is 9.21. The summed E-state index contributed by atoms with van der Waals surface area (Å²) in [5.41, 5.74) is -1.06. The molecule has 0 heterocycles. The molecule has 0 saturated carbocycles. The Morgan fingerprint density at radius 3 is 1.13 bits per heavy atom. The first-order valence-electron chi connectivity index (χ1n) is 9.21. The molecule has 0 aliphatic rings. The van der Waals surface area contributed by atoms with Gasteiger partial charge in [-0.2, -0.15) is 0 Å². The van der Waals surface area contributed by atoms with Gasteiger partial charge in [0.2, 0.25) is 0 Å². The van der Waals surface area contributed by atoms with Crippen molar-refractivity contribution in [3.05, 3.63) is 9.81 Å². The van der Waals surface area contributed by atoms with Crippen LogP contribution < -0.4 is 0 Å². The number of ether oxygens (including phenoxy) is 4. The molecule has 0 bridgehead atoms. The number of aliphatic carboxylic acids is 2. The third-order valence-electron chi connectivity index (χ3n) is 3.68. The molecule has 0 aromatic rings. The normalized spacial score (nSPS) is 11.1. The van der Waals surface area contributed by atoms with Gasteiger partial charge >= 0.3 is 11.9 Å². The highest BCUT2D eigenvalue weighted by Crippen LogP contribution is 2.21. The van der Waals surface area contributed by atoms with E-state index in [9.17, 15) is 29.0 Å². The van der Waals surface area contributed by atoms with Crippen LogP contribution in [0, 0.1) is 15.2 Å². The van der Waals surface area contributed by atoms with E-state index in [4.69, 9.17) is 29.2 Å². The van der Waals surface area contributed by atoms with Gasteiger partial charge in [0, 0.05) is 10.4 Å². The number of carbonyl (C=O) groups excluding carboxylic acids is 2. The molecule has 0 aliphatic heterocycles. The van der Waals surface area contributed by atoms with E-state index in [1.165, 1.54) is 0 Å². The number of carboxylic acids is 2. The van der Waals surface area contributed by atoms with Crippen molar-refractivity contribution in [2.75, 3.05) is 52.9 Å². The smallest absolute Gasteiger partial charge is 0.305 e. The van der Waals surface area contributed by atoms with Crippen LogP contribution in [-0.2, 0) is 38.1 Å². The fourth-order valence-electron chi connectivity index (χ4n) is 2.13. The van der Waals surface area contributed by atoms with Crippen LogP contribution in [0.5, 0.6) is 0 Å². The molecule has 0 saturated heterocycles. The molecule has 31 heavy (non-hydrogen) atoms. The van der Waals surface area contributed by atoms with Crippen LogP contribution in [0.1, 0.15) is 25.7 Å². The Morgan fingerprint density at radius 1 is 0.581 bits per heavy atom. The van der Waals surface area contributed by atoms with Gasteiger partial charge in [0.25, 0.3) is 11.8 Å². The highest BCUT2D eigenvalue weighted by atomic mass is 16.5. The van der Waals surface area contributed by atoms with Gasteiger partial charge in [0.1, 0.15) is 0 Å². The fourth-order valence-corrected chi connectivity index (χ4v) is 2.13. The third kappa shape index (κ3) is 15.8. The fraction of sp³-hybridized carbons (Fsp3) is 0.765. The van der Waals surface area contributed by atoms with Crippen molar-refractivity contribution < 1.29 is 48.3 Å². The minimum Gasteiger partial charge on any atom is -0.481 e. The summed E-state index contributed by atoms with van der Waals surface area (Å²) in [6.45, 7) is -1.05. The summed E-state index contributed by atoms with van der Waals surface area (Å²) in [4.78, 5) is 63.6. The molecule has 0 atom stereocenters. The maximum atomic E-state index is 11.0. The summed E-state index contributed by atoms with van der Waals surface area (Å²) < 4.78 is 21.6. The molecule has 2 amide bonds. The summed E-state index contributed by atoms with van der Waals surface area (Å²) in [6, 6.07) is 0. The van der Waals surface area contributed by atoms with E-state index in [1.54, 1.807) is 0 Å². The Labute approximate surface area is 177 Å². The SMILES string of the molecule is O=NC(=O)CCOCC(COCCC(=O)O)(COCCC(=O)O)COCCC(=O)N=O. The second-order valence-corrected chi connectivity index (χ2v) is 6.47. The second kappa shape index (κ2) is 17.0. The zero-order valence-electron chi connectivity index (χ0n) is 16.9. The summed E-state index contributed by atoms with van der Waals surface area (Å²) in [5, 5.41) is 21.9. The van der Waals surface area contributed by atoms with Gasteiger partial charge in [0.05, 0.1) is 84.0 Å². The predicted molar refractivity (Wildman–Crippen MR) is 101 cm³/mol. The maximum Gasteiger partial charge on any atom is 0.305 e. The third-order valence-corrected chi connectivity index (χ3v) is 3.68. The predicted octanol–water partition coefficient (Wildman–Crippen LogP) is 0.355. The van der Waals surface area contributed by atoms with Crippen molar-refractivity contribution in [3.8, 4) is 0 Å². The lowest BCUT2D eigenvalue weighted by Gasteiger charge is -2.33. The lowest BCUT2D eigenvalue weighted by molar-refractivity contribution is -0.140. The van der Waals surface area contributed by atoms with Crippen LogP contribution in [0.3, 0.4) is 0 Å². The van der Waals surface area contributed by atoms with E-state index in [2.05, 4.69) is 10.4 Å². The van der Waals surface area contributed by atoms with Crippen molar-refractivity contribution in [2.45, 2.75) is 25.7 Å². The van der Waals surface area contributed by atoms with E-state index in [0.717, 1.165) is 0 Å². The molecule has 0 fully saturated rings. The second-order valence-electron chi connectivity index (χ2n) is 6.47. The zero-order chi connectivity index (χ0) is 23.5. The molecule has 0 spiro atoms. The molecule has 14 heteroatoms. The van der Waals surface area contributed by atoms with Crippen molar-refractivity contribution in [1.82, 2.24) is 0 Å². The topological polar surface area (TPSA) is 205 Å². The average molecular weight is 450 g/mol. The molecule has 0 aliphatic carbocycles.